The number of hydrogen-bond acceptors (Lipinski definition) is 3. The first-order valence-electron chi connectivity index (χ1n) is 9.77. The Hall–Kier alpha value is -2.69. The number of benzene rings is 2. The lowest BCUT2D eigenvalue weighted by Crippen LogP contribution is -2.16. The van der Waals surface area contributed by atoms with Gasteiger partial charge in [0, 0.05) is 11.1 Å². The highest BCUT2D eigenvalue weighted by molar-refractivity contribution is 7.19. The number of nitrogens with zero attached hydrogens (tertiary/aromatic N) is 1. The third-order valence-electron chi connectivity index (χ3n) is 5.43. The minimum Gasteiger partial charge on any atom is -0.322 e. The summed E-state index contributed by atoms with van der Waals surface area (Å²) in [4.78, 5) is 19.0. The molecule has 1 aliphatic rings. The second-order valence-electron chi connectivity index (χ2n) is 7.28. The maximum absolute atomic E-state index is 13.3. The molecule has 0 unspecified atom stereocenters. The van der Waals surface area contributed by atoms with Crippen LogP contribution in [0.15, 0.2) is 60.7 Å². The number of anilines is 1. The van der Waals surface area contributed by atoms with Gasteiger partial charge < -0.3 is 5.32 Å². The van der Waals surface area contributed by atoms with Gasteiger partial charge in [0.2, 0.25) is 0 Å². The van der Waals surface area contributed by atoms with Gasteiger partial charge in [-0.3, -0.25) is 4.79 Å². The van der Waals surface area contributed by atoms with E-state index in [2.05, 4.69) is 11.4 Å². The van der Waals surface area contributed by atoms with Crippen molar-refractivity contribution in [2.45, 2.75) is 25.7 Å². The Labute approximate surface area is 178 Å². The average Bonchev–Trinajstić information content (AvgIpc) is 3.19. The van der Waals surface area contributed by atoms with E-state index in [1.54, 1.807) is 0 Å². The number of rotatable bonds is 3. The van der Waals surface area contributed by atoms with Gasteiger partial charge in [0.05, 0.1) is 26.0 Å². The summed E-state index contributed by atoms with van der Waals surface area (Å²) >= 11 is 7.58. The summed E-state index contributed by atoms with van der Waals surface area (Å²) in [5, 5.41) is 4.02. The fourth-order valence-electron chi connectivity index (χ4n) is 4.03. The standard InChI is InChI=1S/C24H19ClN2OS/c25-23-13-12-22(29-23)21-14-18(17-9-3-4-10-20(17)26-21)24(28)27-19-11-5-7-15-6-1-2-8-16(15)19/h3-5,7,9-14H,1-2,6,8H2,(H,27,28). The van der Waals surface area contributed by atoms with Gasteiger partial charge in [-0.2, -0.15) is 0 Å². The fourth-order valence-corrected chi connectivity index (χ4v) is 5.03. The van der Waals surface area contributed by atoms with Crippen LogP contribution in [0.25, 0.3) is 21.5 Å². The molecule has 0 aliphatic heterocycles. The Morgan fingerprint density at radius 2 is 1.86 bits per heavy atom. The van der Waals surface area contributed by atoms with Crippen LogP contribution < -0.4 is 5.32 Å². The minimum atomic E-state index is -0.105. The Kier molecular flexibility index (Phi) is 4.82. The number of carbonyl (C=O) groups excluding carboxylic acids is 1. The van der Waals surface area contributed by atoms with Crippen molar-refractivity contribution in [2.75, 3.05) is 5.32 Å². The number of para-hydroxylation sites is 1. The molecule has 5 rings (SSSR count). The third-order valence-corrected chi connectivity index (χ3v) is 6.68. The van der Waals surface area contributed by atoms with E-state index in [-0.39, 0.29) is 5.91 Å². The van der Waals surface area contributed by atoms with Gasteiger partial charge in [0.25, 0.3) is 5.91 Å². The molecule has 2 heterocycles. The smallest absolute Gasteiger partial charge is 0.256 e. The number of fused-ring (bicyclic) bond motifs is 2. The summed E-state index contributed by atoms with van der Waals surface area (Å²) in [5.74, 6) is -0.105. The third kappa shape index (κ3) is 3.54. The highest BCUT2D eigenvalue weighted by Gasteiger charge is 2.18. The van der Waals surface area contributed by atoms with Crippen LogP contribution in [0.4, 0.5) is 5.69 Å². The van der Waals surface area contributed by atoms with Crippen molar-refractivity contribution in [3.8, 4) is 10.6 Å². The molecule has 1 amide bonds. The van der Waals surface area contributed by atoms with Crippen LogP contribution in [-0.2, 0) is 12.8 Å². The van der Waals surface area contributed by atoms with Gasteiger partial charge in [0.15, 0.2) is 0 Å². The Morgan fingerprint density at radius 3 is 2.72 bits per heavy atom. The molecule has 29 heavy (non-hydrogen) atoms. The van der Waals surface area contributed by atoms with Gasteiger partial charge >= 0.3 is 0 Å². The second kappa shape index (κ2) is 7.62. The molecule has 1 aliphatic carbocycles. The lowest BCUT2D eigenvalue weighted by atomic mass is 9.90. The number of aromatic nitrogens is 1. The highest BCUT2D eigenvalue weighted by atomic mass is 35.5. The number of thiophene rings is 1. The molecule has 3 nitrogen and oxygen atoms in total. The first-order valence-corrected chi connectivity index (χ1v) is 11.0. The molecule has 0 bridgehead atoms. The number of halogens is 1. The summed E-state index contributed by atoms with van der Waals surface area (Å²) in [7, 11) is 0. The zero-order chi connectivity index (χ0) is 19.8. The number of carbonyl (C=O) groups is 1. The van der Waals surface area contributed by atoms with Gasteiger partial charge in [-0.15, -0.1) is 11.3 Å². The Morgan fingerprint density at radius 1 is 1.00 bits per heavy atom. The lowest BCUT2D eigenvalue weighted by Gasteiger charge is -2.20. The molecule has 5 heteroatoms. The van der Waals surface area contributed by atoms with Gasteiger partial charge in [0.1, 0.15) is 0 Å². The lowest BCUT2D eigenvalue weighted by molar-refractivity contribution is 0.102. The number of hydrogen-bond donors (Lipinski definition) is 1. The molecule has 2 aromatic heterocycles. The zero-order valence-corrected chi connectivity index (χ0v) is 17.3. The van der Waals surface area contributed by atoms with E-state index in [1.165, 1.54) is 35.3 Å². The molecule has 1 N–H and O–H groups in total. The number of nitrogens with one attached hydrogen (secondary N) is 1. The molecular weight excluding hydrogens is 400 g/mol. The predicted molar refractivity (Wildman–Crippen MR) is 121 cm³/mol. The van der Waals surface area contributed by atoms with Crippen molar-refractivity contribution in [1.29, 1.82) is 0 Å². The molecule has 0 saturated carbocycles. The SMILES string of the molecule is O=C(Nc1cccc2c1CCCC2)c1cc(-c2ccc(Cl)s2)nc2ccccc12. The Balaban J connectivity index is 1.58. The molecular formula is C24H19ClN2OS. The van der Waals surface area contributed by atoms with Crippen LogP contribution in [-0.4, -0.2) is 10.9 Å². The molecule has 2 aromatic carbocycles. The van der Waals surface area contributed by atoms with Crippen molar-refractivity contribution in [3.63, 3.8) is 0 Å². The van der Waals surface area contributed by atoms with E-state index >= 15 is 0 Å². The molecule has 4 aromatic rings. The van der Waals surface area contributed by atoms with Crippen LogP contribution in [0, 0.1) is 0 Å². The van der Waals surface area contributed by atoms with Crippen molar-refractivity contribution in [2.24, 2.45) is 0 Å². The Bertz CT molecular complexity index is 1230. The second-order valence-corrected chi connectivity index (χ2v) is 9.00. The maximum atomic E-state index is 13.3. The molecule has 0 atom stereocenters. The summed E-state index contributed by atoms with van der Waals surface area (Å²) in [6, 6.07) is 19.6. The molecule has 0 saturated heterocycles. The van der Waals surface area contributed by atoms with E-state index < -0.39 is 0 Å². The van der Waals surface area contributed by atoms with Crippen LogP contribution in [0.2, 0.25) is 4.34 Å². The van der Waals surface area contributed by atoms with E-state index in [0.717, 1.165) is 40.0 Å². The van der Waals surface area contributed by atoms with E-state index in [1.807, 2.05) is 54.6 Å². The van der Waals surface area contributed by atoms with Gasteiger partial charge in [-0.05, 0) is 67.1 Å². The topological polar surface area (TPSA) is 42.0 Å². The normalized spacial score (nSPS) is 13.3. The zero-order valence-electron chi connectivity index (χ0n) is 15.7. The van der Waals surface area contributed by atoms with E-state index in [4.69, 9.17) is 16.6 Å². The minimum absolute atomic E-state index is 0.105. The first-order chi connectivity index (χ1) is 14.2. The van der Waals surface area contributed by atoms with Crippen molar-refractivity contribution >= 4 is 45.4 Å². The first kappa shape index (κ1) is 18.3. The summed E-state index contributed by atoms with van der Waals surface area (Å²) in [6.45, 7) is 0. The molecule has 0 spiro atoms. The molecule has 0 fully saturated rings. The van der Waals surface area contributed by atoms with Crippen molar-refractivity contribution < 1.29 is 4.79 Å². The summed E-state index contributed by atoms with van der Waals surface area (Å²) in [5.41, 5.74) is 5.74. The highest BCUT2D eigenvalue weighted by Crippen LogP contribution is 2.33. The quantitative estimate of drug-likeness (QED) is 0.400. The van der Waals surface area contributed by atoms with E-state index in [0.29, 0.717) is 9.90 Å². The monoisotopic (exact) mass is 418 g/mol. The summed E-state index contributed by atoms with van der Waals surface area (Å²) < 4.78 is 0.705. The predicted octanol–water partition coefficient (Wildman–Crippen LogP) is 6.75. The van der Waals surface area contributed by atoms with Gasteiger partial charge in [-0.1, -0.05) is 41.9 Å². The molecule has 144 valence electrons. The van der Waals surface area contributed by atoms with Crippen molar-refractivity contribution in [1.82, 2.24) is 4.98 Å². The maximum Gasteiger partial charge on any atom is 0.256 e. The fraction of sp³-hybridized carbons (Fsp3) is 0.167. The van der Waals surface area contributed by atoms with Crippen LogP contribution in [0.3, 0.4) is 0 Å². The average molecular weight is 419 g/mol. The largest absolute Gasteiger partial charge is 0.322 e. The van der Waals surface area contributed by atoms with Crippen LogP contribution in [0.5, 0.6) is 0 Å². The number of aryl methyl sites for hydroxylation is 1. The van der Waals surface area contributed by atoms with E-state index in [9.17, 15) is 4.79 Å². The number of pyridine rings is 1. The van der Waals surface area contributed by atoms with Crippen LogP contribution in [0.1, 0.15) is 34.3 Å². The summed E-state index contributed by atoms with van der Waals surface area (Å²) in [6.07, 6.45) is 4.48. The van der Waals surface area contributed by atoms with Gasteiger partial charge in [-0.25, -0.2) is 4.98 Å². The number of amides is 1. The van der Waals surface area contributed by atoms with Crippen LogP contribution >= 0.6 is 22.9 Å². The van der Waals surface area contributed by atoms with Crippen molar-refractivity contribution in [3.05, 3.63) is 81.7 Å². The molecule has 0 radical (unpaired) electrons.